The van der Waals surface area contributed by atoms with Crippen LogP contribution in [-0.4, -0.2) is 42.8 Å². The normalized spacial score (nSPS) is 15.2. The van der Waals surface area contributed by atoms with Gasteiger partial charge in [0.15, 0.2) is 0 Å². The van der Waals surface area contributed by atoms with E-state index in [2.05, 4.69) is 4.99 Å². The van der Waals surface area contributed by atoms with Crippen molar-refractivity contribution in [2.45, 2.75) is 13.5 Å². The number of methoxy groups -OCH3 is 1. The summed E-state index contributed by atoms with van der Waals surface area (Å²) in [5.41, 5.74) is 3.54. The van der Waals surface area contributed by atoms with Crippen molar-refractivity contribution in [1.82, 2.24) is 4.90 Å². The van der Waals surface area contributed by atoms with Gasteiger partial charge in [0.25, 0.3) is 0 Å². The van der Waals surface area contributed by atoms with Crippen LogP contribution in [0.15, 0.2) is 57.8 Å². The fourth-order valence-corrected chi connectivity index (χ4v) is 3.06. The van der Waals surface area contributed by atoms with Gasteiger partial charge in [-0.2, -0.15) is 0 Å². The number of halogens is 2. The maximum absolute atomic E-state index is 14.5. The van der Waals surface area contributed by atoms with Crippen LogP contribution in [0.25, 0.3) is 0 Å². The lowest BCUT2D eigenvalue weighted by Gasteiger charge is -2.17. The Hall–Kier alpha value is -2.70. The minimum Gasteiger partial charge on any atom is -0.479 e. The number of allylic oxidation sites excluding steroid dienone is 1. The van der Waals surface area contributed by atoms with Crippen LogP contribution < -0.4 is 0 Å². The SMILES string of the molecule is COC1=Nc2cc(CO)c(F)cc2C(c2ccccc2Cl)=N/C1=C(\C)N(C)C. The summed E-state index contributed by atoms with van der Waals surface area (Å²) in [5.74, 6) is -0.239. The molecule has 0 saturated heterocycles. The van der Waals surface area contributed by atoms with E-state index < -0.39 is 12.4 Å². The molecule has 1 N–H and O–H groups in total. The monoisotopic (exact) mass is 401 g/mol. The lowest BCUT2D eigenvalue weighted by atomic mass is 9.98. The van der Waals surface area contributed by atoms with Gasteiger partial charge < -0.3 is 14.7 Å². The van der Waals surface area contributed by atoms with Crippen molar-refractivity contribution < 1.29 is 14.2 Å². The van der Waals surface area contributed by atoms with E-state index in [1.807, 2.05) is 44.1 Å². The molecule has 3 rings (SSSR count). The molecule has 0 aromatic heterocycles. The molecule has 0 amide bonds. The maximum Gasteiger partial charge on any atom is 0.242 e. The van der Waals surface area contributed by atoms with Gasteiger partial charge in [-0.1, -0.05) is 29.8 Å². The number of hydrogen-bond donors (Lipinski definition) is 1. The lowest BCUT2D eigenvalue weighted by Crippen LogP contribution is -2.16. The standard InChI is InChI=1S/C21H21ClFN3O2/c1-12(26(2)3)19-21(28-4)24-18-9-13(11-27)17(23)10-15(18)20(25-19)14-7-5-6-8-16(14)22/h5-10,27H,11H2,1-4H3/b19-12+. The van der Waals surface area contributed by atoms with Gasteiger partial charge in [0.05, 0.1) is 25.1 Å². The Labute approximate surface area is 168 Å². The molecule has 0 spiro atoms. The third kappa shape index (κ3) is 3.66. The minimum absolute atomic E-state index is 0.147. The second-order valence-electron chi connectivity index (χ2n) is 6.51. The first-order valence-corrected chi connectivity index (χ1v) is 9.03. The number of nitrogens with zero attached hydrogens (tertiary/aromatic N) is 3. The highest BCUT2D eigenvalue weighted by Gasteiger charge is 2.24. The van der Waals surface area contributed by atoms with Crippen molar-refractivity contribution >= 4 is 28.9 Å². The molecule has 146 valence electrons. The Balaban J connectivity index is 2.41. The highest BCUT2D eigenvalue weighted by Crippen LogP contribution is 2.33. The summed E-state index contributed by atoms with van der Waals surface area (Å²) < 4.78 is 20.0. The second-order valence-corrected chi connectivity index (χ2v) is 6.92. The van der Waals surface area contributed by atoms with E-state index in [-0.39, 0.29) is 5.56 Å². The highest BCUT2D eigenvalue weighted by atomic mass is 35.5. The summed E-state index contributed by atoms with van der Waals surface area (Å²) in [4.78, 5) is 11.3. The fourth-order valence-electron chi connectivity index (χ4n) is 2.84. The number of hydrogen-bond acceptors (Lipinski definition) is 5. The van der Waals surface area contributed by atoms with Gasteiger partial charge in [-0.3, -0.25) is 0 Å². The van der Waals surface area contributed by atoms with Crippen molar-refractivity contribution in [2.24, 2.45) is 9.98 Å². The predicted octanol–water partition coefficient (Wildman–Crippen LogP) is 4.29. The zero-order valence-corrected chi connectivity index (χ0v) is 16.9. The molecule has 0 fully saturated rings. The molecule has 5 nitrogen and oxygen atoms in total. The number of aliphatic hydroxyl groups is 1. The molecule has 1 heterocycles. The van der Waals surface area contributed by atoms with Crippen LogP contribution in [0.2, 0.25) is 5.02 Å². The van der Waals surface area contributed by atoms with E-state index in [0.29, 0.717) is 39.1 Å². The molecule has 2 aromatic rings. The molecular formula is C21H21ClFN3O2. The number of aliphatic imine (C=N–C) groups is 2. The first-order valence-electron chi connectivity index (χ1n) is 8.65. The van der Waals surface area contributed by atoms with Gasteiger partial charge in [0.2, 0.25) is 5.90 Å². The fraction of sp³-hybridized carbons (Fsp3) is 0.238. The van der Waals surface area contributed by atoms with Crippen molar-refractivity contribution in [3.8, 4) is 0 Å². The van der Waals surface area contributed by atoms with Crippen LogP contribution in [0.3, 0.4) is 0 Å². The van der Waals surface area contributed by atoms with Gasteiger partial charge in [0.1, 0.15) is 11.5 Å². The largest absolute Gasteiger partial charge is 0.479 e. The average Bonchev–Trinajstić information content (AvgIpc) is 2.83. The van der Waals surface area contributed by atoms with Crippen molar-refractivity contribution in [3.63, 3.8) is 0 Å². The summed E-state index contributed by atoms with van der Waals surface area (Å²) in [5, 5.41) is 9.95. The van der Waals surface area contributed by atoms with E-state index in [1.54, 1.807) is 6.07 Å². The molecule has 0 bridgehead atoms. The summed E-state index contributed by atoms with van der Waals surface area (Å²) in [6.07, 6.45) is 0. The summed E-state index contributed by atoms with van der Waals surface area (Å²) in [6.45, 7) is 1.46. The van der Waals surface area contributed by atoms with Crippen LogP contribution >= 0.6 is 11.6 Å². The molecule has 0 aliphatic carbocycles. The Bertz CT molecular complexity index is 1010. The molecule has 0 unspecified atom stereocenters. The molecule has 2 aromatic carbocycles. The van der Waals surface area contributed by atoms with Crippen molar-refractivity contribution in [3.05, 3.63) is 75.3 Å². The van der Waals surface area contributed by atoms with E-state index in [0.717, 1.165) is 5.70 Å². The molecule has 0 saturated carbocycles. The zero-order valence-electron chi connectivity index (χ0n) is 16.1. The third-order valence-electron chi connectivity index (χ3n) is 4.57. The van der Waals surface area contributed by atoms with Gasteiger partial charge in [-0.05, 0) is 25.1 Å². The van der Waals surface area contributed by atoms with Crippen LogP contribution in [0.5, 0.6) is 0 Å². The van der Waals surface area contributed by atoms with Gasteiger partial charge in [-0.15, -0.1) is 0 Å². The maximum atomic E-state index is 14.5. The summed E-state index contributed by atoms with van der Waals surface area (Å²) in [6, 6.07) is 10.1. The topological polar surface area (TPSA) is 57.4 Å². The van der Waals surface area contributed by atoms with E-state index in [1.165, 1.54) is 19.2 Å². The predicted molar refractivity (Wildman–Crippen MR) is 110 cm³/mol. The minimum atomic E-state index is -0.535. The number of fused-ring (bicyclic) bond motifs is 1. The number of rotatable bonds is 3. The van der Waals surface area contributed by atoms with Gasteiger partial charge in [0, 0.05) is 41.5 Å². The van der Waals surface area contributed by atoms with Crippen LogP contribution in [-0.2, 0) is 11.3 Å². The average molecular weight is 402 g/mol. The van der Waals surface area contributed by atoms with Crippen LogP contribution in [0, 0.1) is 5.82 Å². The zero-order chi connectivity index (χ0) is 20.4. The molecule has 1 aliphatic rings. The van der Waals surface area contributed by atoms with E-state index >= 15 is 0 Å². The molecular weight excluding hydrogens is 381 g/mol. The quantitative estimate of drug-likeness (QED) is 0.834. The second kappa shape index (κ2) is 8.12. The Morgan fingerprint density at radius 3 is 2.50 bits per heavy atom. The van der Waals surface area contributed by atoms with Gasteiger partial charge in [-0.25, -0.2) is 14.4 Å². The molecule has 0 atom stereocenters. The first kappa shape index (κ1) is 20.0. The molecule has 0 radical (unpaired) electrons. The number of ether oxygens (including phenoxy) is 1. The Morgan fingerprint density at radius 1 is 1.18 bits per heavy atom. The van der Waals surface area contributed by atoms with Crippen molar-refractivity contribution in [2.75, 3.05) is 21.2 Å². The highest BCUT2D eigenvalue weighted by molar-refractivity contribution is 6.36. The number of aliphatic hydroxyl groups excluding tert-OH is 1. The first-order chi connectivity index (χ1) is 13.4. The summed E-state index contributed by atoms with van der Waals surface area (Å²) in [7, 11) is 5.29. The van der Waals surface area contributed by atoms with Crippen LogP contribution in [0.1, 0.15) is 23.6 Å². The van der Waals surface area contributed by atoms with E-state index in [9.17, 15) is 9.50 Å². The van der Waals surface area contributed by atoms with Crippen LogP contribution in [0.4, 0.5) is 10.1 Å². The Kier molecular flexibility index (Phi) is 5.82. The molecule has 7 heteroatoms. The smallest absolute Gasteiger partial charge is 0.242 e. The number of benzene rings is 2. The molecule has 1 aliphatic heterocycles. The lowest BCUT2D eigenvalue weighted by molar-refractivity contribution is 0.276. The van der Waals surface area contributed by atoms with Crippen molar-refractivity contribution in [1.29, 1.82) is 0 Å². The summed E-state index contributed by atoms with van der Waals surface area (Å²) >= 11 is 6.43. The van der Waals surface area contributed by atoms with Gasteiger partial charge >= 0.3 is 0 Å². The van der Waals surface area contributed by atoms with E-state index in [4.69, 9.17) is 21.3 Å². The Morgan fingerprint density at radius 2 is 1.89 bits per heavy atom. The molecule has 28 heavy (non-hydrogen) atoms. The third-order valence-corrected chi connectivity index (χ3v) is 4.90.